The van der Waals surface area contributed by atoms with Crippen LogP contribution in [0, 0.1) is 17.8 Å². The maximum absolute atomic E-state index is 5.92. The summed E-state index contributed by atoms with van der Waals surface area (Å²) in [5.41, 5.74) is 6.62. The molecule has 1 aromatic carbocycles. The summed E-state index contributed by atoms with van der Waals surface area (Å²) in [6.07, 6.45) is 5.59. The van der Waals surface area contributed by atoms with Gasteiger partial charge in [0.15, 0.2) is 0 Å². The van der Waals surface area contributed by atoms with Crippen LogP contribution in [-0.4, -0.2) is 13.7 Å². The summed E-state index contributed by atoms with van der Waals surface area (Å²) in [6, 6.07) is 5.58. The van der Waals surface area contributed by atoms with E-state index in [-0.39, 0.29) is 0 Å². The average molecular weight is 247 g/mol. The molecule has 2 aliphatic rings. The van der Waals surface area contributed by atoms with Crippen molar-refractivity contribution in [3.8, 4) is 11.5 Å². The number of fused-ring (bicyclic) bond motifs is 2. The van der Waals surface area contributed by atoms with Crippen molar-refractivity contribution in [3.05, 3.63) is 18.2 Å². The van der Waals surface area contributed by atoms with Crippen molar-refractivity contribution in [2.24, 2.45) is 17.8 Å². The standard InChI is InChI=1S/C15H21NO2/c1-17-13-4-5-14(16)15(8-13)18-9-12-7-10-2-3-11(12)6-10/h4-5,8,10-12H,2-3,6-7,9,16H2,1H3. The fourth-order valence-electron chi connectivity index (χ4n) is 3.54. The normalized spacial score (nSPS) is 29.5. The summed E-state index contributed by atoms with van der Waals surface area (Å²) >= 11 is 0. The average Bonchev–Trinajstić information content (AvgIpc) is 3.00. The first-order chi connectivity index (χ1) is 8.76. The van der Waals surface area contributed by atoms with E-state index >= 15 is 0 Å². The minimum atomic E-state index is 0.693. The number of nitrogens with two attached hydrogens (primary N) is 1. The van der Waals surface area contributed by atoms with Gasteiger partial charge >= 0.3 is 0 Å². The molecule has 2 N–H and O–H groups in total. The van der Waals surface area contributed by atoms with Crippen molar-refractivity contribution < 1.29 is 9.47 Å². The summed E-state index contributed by atoms with van der Waals surface area (Å²) in [4.78, 5) is 0. The highest BCUT2D eigenvalue weighted by Crippen LogP contribution is 2.48. The molecule has 3 rings (SSSR count). The Labute approximate surface area is 108 Å². The van der Waals surface area contributed by atoms with E-state index in [0.29, 0.717) is 5.69 Å². The molecule has 3 unspecified atom stereocenters. The Balaban J connectivity index is 1.62. The third-order valence-corrected chi connectivity index (χ3v) is 4.56. The second-order valence-electron chi connectivity index (χ2n) is 5.65. The summed E-state index contributed by atoms with van der Waals surface area (Å²) < 4.78 is 11.1. The van der Waals surface area contributed by atoms with E-state index < -0.39 is 0 Å². The predicted molar refractivity (Wildman–Crippen MR) is 71.8 cm³/mol. The number of benzene rings is 1. The van der Waals surface area contributed by atoms with Crippen LogP contribution < -0.4 is 15.2 Å². The summed E-state index contributed by atoms with van der Waals surface area (Å²) in [6.45, 7) is 0.804. The van der Waals surface area contributed by atoms with E-state index in [2.05, 4.69) is 0 Å². The fourth-order valence-corrected chi connectivity index (χ4v) is 3.54. The van der Waals surface area contributed by atoms with Gasteiger partial charge in [-0.15, -0.1) is 0 Å². The smallest absolute Gasteiger partial charge is 0.145 e. The van der Waals surface area contributed by atoms with Crippen molar-refractivity contribution in [1.29, 1.82) is 0 Å². The lowest BCUT2D eigenvalue weighted by Crippen LogP contribution is -2.18. The van der Waals surface area contributed by atoms with Crippen LogP contribution in [0.2, 0.25) is 0 Å². The molecule has 0 amide bonds. The van der Waals surface area contributed by atoms with Crippen LogP contribution in [0.25, 0.3) is 0 Å². The highest BCUT2D eigenvalue weighted by Gasteiger charge is 2.39. The summed E-state index contributed by atoms with van der Waals surface area (Å²) in [5, 5.41) is 0. The van der Waals surface area contributed by atoms with Gasteiger partial charge in [0.05, 0.1) is 19.4 Å². The van der Waals surface area contributed by atoms with Gasteiger partial charge in [-0.1, -0.05) is 6.42 Å². The third-order valence-electron chi connectivity index (χ3n) is 4.56. The second kappa shape index (κ2) is 4.71. The van der Waals surface area contributed by atoms with E-state index in [1.807, 2.05) is 18.2 Å². The summed E-state index contributed by atoms with van der Waals surface area (Å²) in [5.74, 6) is 4.15. The van der Waals surface area contributed by atoms with Crippen molar-refractivity contribution >= 4 is 5.69 Å². The number of hydrogen-bond donors (Lipinski definition) is 1. The maximum Gasteiger partial charge on any atom is 0.145 e. The maximum atomic E-state index is 5.92. The van der Waals surface area contributed by atoms with E-state index in [4.69, 9.17) is 15.2 Å². The van der Waals surface area contributed by atoms with Crippen LogP contribution in [0.5, 0.6) is 11.5 Å². The van der Waals surface area contributed by atoms with Gasteiger partial charge in [-0.05, 0) is 49.1 Å². The highest BCUT2D eigenvalue weighted by molar-refractivity contribution is 5.55. The Morgan fingerprint density at radius 3 is 2.83 bits per heavy atom. The Kier molecular flexibility index (Phi) is 3.06. The molecule has 0 heterocycles. The van der Waals surface area contributed by atoms with Crippen LogP contribution in [0.15, 0.2) is 18.2 Å². The predicted octanol–water partition coefficient (Wildman–Crippen LogP) is 3.09. The molecule has 0 spiro atoms. The number of ether oxygens (including phenoxy) is 2. The second-order valence-corrected chi connectivity index (χ2v) is 5.65. The number of rotatable bonds is 4. The van der Waals surface area contributed by atoms with Crippen molar-refractivity contribution in [3.63, 3.8) is 0 Å². The van der Waals surface area contributed by atoms with Gasteiger partial charge in [-0.2, -0.15) is 0 Å². The fraction of sp³-hybridized carbons (Fsp3) is 0.600. The first-order valence-electron chi connectivity index (χ1n) is 6.82. The highest BCUT2D eigenvalue weighted by atomic mass is 16.5. The number of anilines is 1. The molecule has 3 atom stereocenters. The number of hydrogen-bond acceptors (Lipinski definition) is 3. The van der Waals surface area contributed by atoms with Crippen LogP contribution in [0.4, 0.5) is 5.69 Å². The minimum absolute atomic E-state index is 0.693. The zero-order valence-corrected chi connectivity index (χ0v) is 10.9. The van der Waals surface area contributed by atoms with Gasteiger partial charge < -0.3 is 15.2 Å². The van der Waals surface area contributed by atoms with Gasteiger partial charge in [0, 0.05) is 6.07 Å². The lowest BCUT2D eigenvalue weighted by molar-refractivity contribution is 0.195. The van der Waals surface area contributed by atoms with E-state index in [9.17, 15) is 0 Å². The van der Waals surface area contributed by atoms with Crippen LogP contribution >= 0.6 is 0 Å². The quantitative estimate of drug-likeness (QED) is 0.831. The molecular weight excluding hydrogens is 226 g/mol. The van der Waals surface area contributed by atoms with Gasteiger partial charge in [-0.3, -0.25) is 0 Å². The van der Waals surface area contributed by atoms with E-state index in [0.717, 1.165) is 35.9 Å². The largest absolute Gasteiger partial charge is 0.497 e. The minimum Gasteiger partial charge on any atom is -0.497 e. The molecule has 3 heteroatoms. The molecule has 0 radical (unpaired) electrons. The molecule has 3 nitrogen and oxygen atoms in total. The molecule has 18 heavy (non-hydrogen) atoms. The lowest BCUT2D eigenvalue weighted by atomic mass is 9.89. The molecule has 2 bridgehead atoms. The van der Waals surface area contributed by atoms with Crippen LogP contribution in [0.3, 0.4) is 0 Å². The molecular formula is C15H21NO2. The lowest BCUT2D eigenvalue weighted by Gasteiger charge is -2.22. The molecule has 2 fully saturated rings. The van der Waals surface area contributed by atoms with Gasteiger partial charge in [0.25, 0.3) is 0 Å². The van der Waals surface area contributed by atoms with Crippen LogP contribution in [-0.2, 0) is 0 Å². The first-order valence-corrected chi connectivity index (χ1v) is 6.82. The number of nitrogen functional groups attached to an aromatic ring is 1. The van der Waals surface area contributed by atoms with Gasteiger partial charge in [-0.25, -0.2) is 0 Å². The summed E-state index contributed by atoms with van der Waals surface area (Å²) in [7, 11) is 1.66. The molecule has 0 aliphatic heterocycles. The molecule has 1 aromatic rings. The molecule has 0 saturated heterocycles. The van der Waals surface area contributed by atoms with E-state index in [1.54, 1.807) is 7.11 Å². The molecule has 2 aliphatic carbocycles. The third kappa shape index (κ3) is 2.14. The Hall–Kier alpha value is -1.38. The Morgan fingerprint density at radius 2 is 2.17 bits per heavy atom. The Bertz CT molecular complexity index is 433. The van der Waals surface area contributed by atoms with E-state index in [1.165, 1.54) is 25.7 Å². The van der Waals surface area contributed by atoms with Gasteiger partial charge in [0.2, 0.25) is 0 Å². The van der Waals surface area contributed by atoms with Crippen molar-refractivity contribution in [2.75, 3.05) is 19.5 Å². The molecule has 0 aromatic heterocycles. The Morgan fingerprint density at radius 1 is 1.28 bits per heavy atom. The monoisotopic (exact) mass is 247 g/mol. The van der Waals surface area contributed by atoms with Crippen molar-refractivity contribution in [1.82, 2.24) is 0 Å². The van der Waals surface area contributed by atoms with Crippen LogP contribution in [0.1, 0.15) is 25.7 Å². The van der Waals surface area contributed by atoms with Crippen molar-refractivity contribution in [2.45, 2.75) is 25.7 Å². The number of methoxy groups -OCH3 is 1. The zero-order chi connectivity index (χ0) is 12.5. The SMILES string of the molecule is COc1ccc(N)c(OCC2CC3CCC2C3)c1. The zero-order valence-electron chi connectivity index (χ0n) is 10.9. The molecule has 2 saturated carbocycles. The molecule has 98 valence electrons. The first kappa shape index (κ1) is 11.7. The van der Waals surface area contributed by atoms with Gasteiger partial charge in [0.1, 0.15) is 11.5 Å². The topological polar surface area (TPSA) is 44.5 Å².